The number of rotatable bonds is 2. The van der Waals surface area contributed by atoms with Crippen molar-refractivity contribution in [3.63, 3.8) is 0 Å². The number of hydrogen-bond donors (Lipinski definition) is 1. The van der Waals surface area contributed by atoms with Gasteiger partial charge in [0.1, 0.15) is 5.82 Å². The van der Waals surface area contributed by atoms with Crippen LogP contribution in [0.5, 0.6) is 0 Å². The highest BCUT2D eigenvalue weighted by Crippen LogP contribution is 2.35. The van der Waals surface area contributed by atoms with Crippen LogP contribution in [0.3, 0.4) is 0 Å². The van der Waals surface area contributed by atoms with Gasteiger partial charge >= 0.3 is 0 Å². The number of hydrogen-bond acceptors (Lipinski definition) is 5. The van der Waals surface area contributed by atoms with Crippen LogP contribution in [-0.4, -0.2) is 44.9 Å². The van der Waals surface area contributed by atoms with Gasteiger partial charge in [-0.3, -0.25) is 4.68 Å². The van der Waals surface area contributed by atoms with E-state index in [1.165, 1.54) is 0 Å². The fourth-order valence-corrected chi connectivity index (χ4v) is 3.15. The second-order valence-corrected chi connectivity index (χ2v) is 5.56. The number of anilines is 1. The minimum Gasteiger partial charge on any atom is -0.359 e. The highest BCUT2D eigenvalue weighted by atomic mass is 15.3. The summed E-state index contributed by atoms with van der Waals surface area (Å²) in [4.78, 5) is 14.8. The molecule has 2 aromatic heterocycles. The summed E-state index contributed by atoms with van der Waals surface area (Å²) in [5.41, 5.74) is 1.40. The van der Waals surface area contributed by atoms with E-state index in [1.54, 1.807) is 17.1 Å². The molecule has 0 aliphatic carbocycles. The van der Waals surface area contributed by atoms with Gasteiger partial charge in [0.2, 0.25) is 5.69 Å². The fraction of sp³-hybridized carbons (Fsp3) is 0.429. The maximum atomic E-state index is 7.35. The minimum atomic E-state index is 0.437. The van der Waals surface area contributed by atoms with E-state index >= 15 is 0 Å². The van der Waals surface area contributed by atoms with Crippen molar-refractivity contribution in [3.05, 3.63) is 30.0 Å². The van der Waals surface area contributed by atoms with Crippen molar-refractivity contribution in [1.29, 1.82) is 0 Å². The summed E-state index contributed by atoms with van der Waals surface area (Å²) in [6, 6.07) is 0.956. The van der Waals surface area contributed by atoms with E-state index in [9.17, 15) is 0 Å². The van der Waals surface area contributed by atoms with Crippen LogP contribution in [0.1, 0.15) is 6.42 Å². The summed E-state index contributed by atoms with van der Waals surface area (Å²) in [5.74, 6) is 1.38. The van der Waals surface area contributed by atoms with Gasteiger partial charge in [0.25, 0.3) is 0 Å². The molecule has 2 fully saturated rings. The van der Waals surface area contributed by atoms with Crippen molar-refractivity contribution in [3.8, 4) is 11.4 Å². The second-order valence-electron chi connectivity index (χ2n) is 5.56. The predicted molar refractivity (Wildman–Crippen MR) is 78.0 cm³/mol. The molecule has 4 heterocycles. The number of piperazine rings is 1. The van der Waals surface area contributed by atoms with E-state index in [-0.39, 0.29) is 0 Å². The molecule has 0 radical (unpaired) electrons. The van der Waals surface area contributed by atoms with Crippen LogP contribution in [0, 0.1) is 6.57 Å². The van der Waals surface area contributed by atoms with Gasteiger partial charge in [0.05, 0.1) is 18.3 Å². The van der Waals surface area contributed by atoms with Gasteiger partial charge in [-0.15, -0.1) is 0 Å². The second kappa shape index (κ2) is 4.53. The molecule has 0 amide bonds. The van der Waals surface area contributed by atoms with E-state index in [4.69, 9.17) is 6.57 Å². The standard InChI is InChI=1S/C14H15N7/c1-15-12-6-17-13(9-4-18-20(2)7-9)19-14(12)21-8-10-3-11(21)5-16-10/h4,6-7,10-11,16H,3,5,8H2,2H3/t10-,11-/m0/s1. The quantitative estimate of drug-likeness (QED) is 0.831. The summed E-state index contributed by atoms with van der Waals surface area (Å²) in [6.45, 7) is 9.23. The van der Waals surface area contributed by atoms with Gasteiger partial charge < -0.3 is 10.2 Å². The third kappa shape index (κ3) is 1.96. The smallest absolute Gasteiger partial charge is 0.246 e. The largest absolute Gasteiger partial charge is 0.359 e. The number of aromatic nitrogens is 4. The molecule has 21 heavy (non-hydrogen) atoms. The van der Waals surface area contributed by atoms with Crippen molar-refractivity contribution in [2.75, 3.05) is 18.0 Å². The monoisotopic (exact) mass is 281 g/mol. The topological polar surface area (TPSA) is 63.2 Å². The van der Waals surface area contributed by atoms with Crippen LogP contribution >= 0.6 is 0 Å². The van der Waals surface area contributed by atoms with E-state index in [2.05, 4.69) is 30.1 Å². The first-order chi connectivity index (χ1) is 10.2. The molecule has 4 rings (SSSR count). The fourth-order valence-electron chi connectivity index (χ4n) is 3.15. The van der Waals surface area contributed by atoms with Gasteiger partial charge in [-0.25, -0.2) is 14.8 Å². The average molecular weight is 281 g/mol. The van der Waals surface area contributed by atoms with Crippen molar-refractivity contribution in [2.45, 2.75) is 18.5 Å². The molecule has 2 aliphatic heterocycles. The normalized spacial score (nSPS) is 23.5. The lowest BCUT2D eigenvalue weighted by Crippen LogP contribution is -2.44. The molecule has 7 nitrogen and oxygen atoms in total. The summed E-state index contributed by atoms with van der Waals surface area (Å²) >= 11 is 0. The Bertz CT molecular complexity index is 729. The van der Waals surface area contributed by atoms with Crippen LogP contribution in [-0.2, 0) is 7.05 Å². The van der Waals surface area contributed by atoms with E-state index in [0.717, 1.165) is 30.9 Å². The lowest BCUT2D eigenvalue weighted by atomic mass is 10.2. The van der Waals surface area contributed by atoms with Crippen molar-refractivity contribution < 1.29 is 0 Å². The third-order valence-electron chi connectivity index (χ3n) is 4.16. The van der Waals surface area contributed by atoms with Gasteiger partial charge in [-0.05, 0) is 6.42 Å². The molecule has 0 aromatic carbocycles. The first-order valence-electron chi connectivity index (χ1n) is 6.98. The zero-order chi connectivity index (χ0) is 14.4. The molecule has 7 heteroatoms. The Hall–Kier alpha value is -2.46. The maximum Gasteiger partial charge on any atom is 0.246 e. The molecular weight excluding hydrogens is 266 g/mol. The summed E-state index contributed by atoms with van der Waals surface area (Å²) in [7, 11) is 1.86. The number of fused-ring (bicyclic) bond motifs is 2. The Morgan fingerprint density at radius 1 is 1.43 bits per heavy atom. The van der Waals surface area contributed by atoms with Gasteiger partial charge in [0, 0.05) is 44.6 Å². The molecule has 2 saturated heterocycles. The average Bonchev–Trinajstić information content (AvgIpc) is 3.22. The predicted octanol–water partition coefficient (Wildman–Crippen LogP) is 0.978. The van der Waals surface area contributed by atoms with Crippen molar-refractivity contribution in [2.24, 2.45) is 7.05 Å². The van der Waals surface area contributed by atoms with Gasteiger partial charge in [0.15, 0.2) is 5.82 Å². The minimum absolute atomic E-state index is 0.437. The Labute approximate surface area is 122 Å². The first-order valence-corrected chi connectivity index (χ1v) is 6.98. The van der Waals surface area contributed by atoms with Crippen molar-refractivity contribution in [1.82, 2.24) is 25.1 Å². The molecule has 0 saturated carbocycles. The Balaban J connectivity index is 1.76. The maximum absolute atomic E-state index is 7.35. The van der Waals surface area contributed by atoms with Crippen molar-refractivity contribution >= 4 is 11.5 Å². The zero-order valence-electron chi connectivity index (χ0n) is 11.7. The Kier molecular flexibility index (Phi) is 2.65. The van der Waals surface area contributed by atoms with E-state index < -0.39 is 0 Å². The molecule has 2 atom stereocenters. The molecule has 106 valence electrons. The first kappa shape index (κ1) is 12.3. The molecule has 2 bridgehead atoms. The van der Waals surface area contributed by atoms with Gasteiger partial charge in [-0.1, -0.05) is 0 Å². The number of nitrogens with one attached hydrogen (secondary N) is 1. The summed E-state index contributed by atoms with van der Waals surface area (Å²) in [6.07, 6.45) is 6.38. The SMILES string of the molecule is [C-]#[N+]c1cnc(-c2cnn(C)c2)nc1N1C[C@@H]2C[C@H]1CN2. The number of aryl methyl sites for hydroxylation is 1. The molecule has 0 unspecified atom stereocenters. The van der Waals surface area contributed by atoms with Crippen LogP contribution in [0.25, 0.3) is 16.2 Å². The summed E-state index contributed by atoms with van der Waals surface area (Å²) < 4.78 is 1.73. The lowest BCUT2D eigenvalue weighted by Gasteiger charge is -2.29. The zero-order valence-corrected chi connectivity index (χ0v) is 11.7. The van der Waals surface area contributed by atoms with E-state index in [1.807, 2.05) is 13.2 Å². The molecule has 1 N–H and O–H groups in total. The molecular formula is C14H15N7. The molecule has 2 aromatic rings. The molecule has 0 spiro atoms. The van der Waals surface area contributed by atoms with Crippen LogP contribution < -0.4 is 10.2 Å². The van der Waals surface area contributed by atoms with Crippen LogP contribution in [0.2, 0.25) is 0 Å². The third-order valence-corrected chi connectivity index (χ3v) is 4.16. The van der Waals surface area contributed by atoms with Crippen LogP contribution in [0.15, 0.2) is 18.6 Å². The highest BCUT2D eigenvalue weighted by Gasteiger charge is 2.39. The molecule has 2 aliphatic rings. The van der Waals surface area contributed by atoms with Crippen LogP contribution in [0.4, 0.5) is 11.5 Å². The van der Waals surface area contributed by atoms with E-state index in [0.29, 0.717) is 23.6 Å². The summed E-state index contributed by atoms with van der Waals surface area (Å²) in [5, 5.41) is 7.62. The Morgan fingerprint density at radius 3 is 2.95 bits per heavy atom. The van der Waals surface area contributed by atoms with Gasteiger partial charge in [-0.2, -0.15) is 5.10 Å². The number of nitrogens with zero attached hydrogens (tertiary/aromatic N) is 6. The lowest BCUT2D eigenvalue weighted by molar-refractivity contribution is 0.577. The highest BCUT2D eigenvalue weighted by molar-refractivity contribution is 5.70. The Morgan fingerprint density at radius 2 is 2.33 bits per heavy atom.